The van der Waals surface area contributed by atoms with E-state index in [2.05, 4.69) is 5.32 Å². The standard InChI is InChI=1S/C11H11ClF3NO3/c12-4-7(17)5-16-6-1-2-8(10(18)19)9(3-6)11(13,14)15/h1-3,7,16-17H,4-5H2,(H,18,19). The van der Waals surface area contributed by atoms with E-state index in [4.69, 9.17) is 16.7 Å². The van der Waals surface area contributed by atoms with Crippen LogP contribution < -0.4 is 5.32 Å². The first-order valence-corrected chi connectivity index (χ1v) is 5.71. The molecule has 0 radical (unpaired) electrons. The fourth-order valence-corrected chi connectivity index (χ4v) is 1.47. The number of benzene rings is 1. The summed E-state index contributed by atoms with van der Waals surface area (Å²) in [5, 5.41) is 20.4. The van der Waals surface area contributed by atoms with Crippen molar-refractivity contribution in [2.75, 3.05) is 17.7 Å². The van der Waals surface area contributed by atoms with Crippen molar-refractivity contribution in [2.24, 2.45) is 0 Å². The van der Waals surface area contributed by atoms with Gasteiger partial charge in [0.15, 0.2) is 0 Å². The number of alkyl halides is 4. The summed E-state index contributed by atoms with van der Waals surface area (Å²) in [7, 11) is 0. The van der Waals surface area contributed by atoms with E-state index >= 15 is 0 Å². The Morgan fingerprint density at radius 3 is 2.53 bits per heavy atom. The van der Waals surface area contributed by atoms with Gasteiger partial charge in [0.2, 0.25) is 0 Å². The zero-order chi connectivity index (χ0) is 14.6. The van der Waals surface area contributed by atoms with Crippen molar-refractivity contribution in [3.63, 3.8) is 0 Å². The molecule has 0 aliphatic rings. The SMILES string of the molecule is O=C(O)c1ccc(NCC(O)CCl)cc1C(F)(F)F. The van der Waals surface area contributed by atoms with E-state index in [9.17, 15) is 23.1 Å². The van der Waals surface area contributed by atoms with Crippen LogP contribution in [-0.4, -0.2) is 34.7 Å². The molecule has 1 aromatic rings. The maximum Gasteiger partial charge on any atom is 0.417 e. The molecule has 8 heteroatoms. The summed E-state index contributed by atoms with van der Waals surface area (Å²) < 4.78 is 38.1. The van der Waals surface area contributed by atoms with Crippen LogP contribution in [-0.2, 0) is 6.18 Å². The Bertz CT molecular complexity index is 465. The lowest BCUT2D eigenvalue weighted by Gasteiger charge is -2.14. The lowest BCUT2D eigenvalue weighted by Crippen LogP contribution is -2.21. The number of rotatable bonds is 5. The first-order valence-electron chi connectivity index (χ1n) is 5.18. The van der Waals surface area contributed by atoms with Crippen molar-refractivity contribution in [3.05, 3.63) is 29.3 Å². The molecule has 1 atom stereocenters. The van der Waals surface area contributed by atoms with Crippen LogP contribution in [0.15, 0.2) is 18.2 Å². The Hall–Kier alpha value is -1.47. The largest absolute Gasteiger partial charge is 0.478 e. The molecule has 1 rings (SSSR count). The van der Waals surface area contributed by atoms with Gasteiger partial charge in [-0.1, -0.05) is 0 Å². The van der Waals surface area contributed by atoms with Gasteiger partial charge in [-0.3, -0.25) is 0 Å². The number of aromatic carboxylic acids is 1. The Kier molecular flexibility index (Phi) is 5.02. The molecule has 0 heterocycles. The van der Waals surface area contributed by atoms with Gasteiger partial charge < -0.3 is 15.5 Å². The predicted octanol–water partition coefficient (Wildman–Crippen LogP) is 2.42. The molecule has 1 aromatic carbocycles. The van der Waals surface area contributed by atoms with Crippen molar-refractivity contribution in [1.82, 2.24) is 0 Å². The normalized spacial score (nSPS) is 13.1. The van der Waals surface area contributed by atoms with E-state index in [1.807, 2.05) is 0 Å². The van der Waals surface area contributed by atoms with Crippen LogP contribution in [0.25, 0.3) is 0 Å². The van der Waals surface area contributed by atoms with Gasteiger partial charge in [0.25, 0.3) is 0 Å². The molecule has 0 saturated carbocycles. The quantitative estimate of drug-likeness (QED) is 0.730. The molecule has 0 saturated heterocycles. The molecule has 0 spiro atoms. The van der Waals surface area contributed by atoms with Gasteiger partial charge in [-0.15, -0.1) is 11.6 Å². The Balaban J connectivity index is 3.02. The molecule has 0 amide bonds. The number of nitrogens with one attached hydrogen (secondary N) is 1. The van der Waals surface area contributed by atoms with E-state index < -0.39 is 29.4 Å². The second-order valence-electron chi connectivity index (χ2n) is 3.75. The average molecular weight is 298 g/mol. The molecular formula is C11H11ClF3NO3. The van der Waals surface area contributed by atoms with Crippen LogP contribution in [0.1, 0.15) is 15.9 Å². The van der Waals surface area contributed by atoms with Gasteiger partial charge >= 0.3 is 12.1 Å². The molecule has 0 fully saturated rings. The van der Waals surface area contributed by atoms with Crippen molar-refractivity contribution in [1.29, 1.82) is 0 Å². The molecule has 106 valence electrons. The first-order chi connectivity index (χ1) is 8.75. The predicted molar refractivity (Wildman–Crippen MR) is 63.6 cm³/mol. The molecule has 0 aromatic heterocycles. The van der Waals surface area contributed by atoms with Gasteiger partial charge in [0.05, 0.1) is 23.1 Å². The summed E-state index contributed by atoms with van der Waals surface area (Å²) in [6.07, 6.45) is -5.67. The average Bonchev–Trinajstić information content (AvgIpc) is 2.34. The minimum atomic E-state index is -4.77. The van der Waals surface area contributed by atoms with E-state index in [0.717, 1.165) is 6.07 Å². The highest BCUT2D eigenvalue weighted by Gasteiger charge is 2.35. The highest BCUT2D eigenvalue weighted by Crippen LogP contribution is 2.33. The molecular weight excluding hydrogens is 287 g/mol. The van der Waals surface area contributed by atoms with Gasteiger partial charge in [-0.05, 0) is 18.2 Å². The fraction of sp³-hybridized carbons (Fsp3) is 0.364. The van der Waals surface area contributed by atoms with Crippen molar-refractivity contribution >= 4 is 23.3 Å². The zero-order valence-corrected chi connectivity index (χ0v) is 10.3. The third kappa shape index (κ3) is 4.29. The number of hydrogen-bond donors (Lipinski definition) is 3. The molecule has 0 aliphatic carbocycles. The summed E-state index contributed by atoms with van der Waals surface area (Å²) in [6, 6.07) is 2.74. The van der Waals surface area contributed by atoms with Crippen LogP contribution in [0.5, 0.6) is 0 Å². The number of carboxylic acid groups (broad SMARTS) is 1. The minimum absolute atomic E-state index is 0.0345. The fourth-order valence-electron chi connectivity index (χ4n) is 1.37. The van der Waals surface area contributed by atoms with Crippen LogP contribution >= 0.6 is 11.6 Å². The lowest BCUT2D eigenvalue weighted by molar-refractivity contribution is -0.138. The van der Waals surface area contributed by atoms with Gasteiger partial charge in [-0.2, -0.15) is 13.2 Å². The smallest absolute Gasteiger partial charge is 0.417 e. The van der Waals surface area contributed by atoms with Gasteiger partial charge in [0, 0.05) is 12.2 Å². The van der Waals surface area contributed by atoms with E-state index in [1.54, 1.807) is 0 Å². The molecule has 1 unspecified atom stereocenters. The number of aliphatic hydroxyl groups is 1. The molecule has 4 nitrogen and oxygen atoms in total. The molecule has 19 heavy (non-hydrogen) atoms. The highest BCUT2D eigenvalue weighted by atomic mass is 35.5. The third-order valence-electron chi connectivity index (χ3n) is 2.28. The number of carboxylic acids is 1. The van der Waals surface area contributed by atoms with Crippen LogP contribution in [0.2, 0.25) is 0 Å². The summed E-state index contributed by atoms with van der Waals surface area (Å²) in [5.74, 6) is -1.72. The summed E-state index contributed by atoms with van der Waals surface area (Å²) >= 11 is 5.34. The Labute approximate surface area is 111 Å². The summed E-state index contributed by atoms with van der Waals surface area (Å²) in [6.45, 7) is -0.0345. The number of halogens is 4. The van der Waals surface area contributed by atoms with Crippen LogP contribution in [0.3, 0.4) is 0 Å². The highest BCUT2D eigenvalue weighted by molar-refractivity contribution is 6.18. The number of anilines is 1. The topological polar surface area (TPSA) is 69.6 Å². The van der Waals surface area contributed by atoms with E-state index in [1.165, 1.54) is 6.07 Å². The van der Waals surface area contributed by atoms with Crippen molar-refractivity contribution in [2.45, 2.75) is 12.3 Å². The minimum Gasteiger partial charge on any atom is -0.478 e. The first kappa shape index (κ1) is 15.6. The van der Waals surface area contributed by atoms with Crippen molar-refractivity contribution in [3.8, 4) is 0 Å². The Morgan fingerprint density at radius 2 is 2.05 bits per heavy atom. The number of carbonyl (C=O) groups is 1. The Morgan fingerprint density at radius 1 is 1.42 bits per heavy atom. The maximum absolute atomic E-state index is 12.7. The van der Waals surface area contributed by atoms with E-state index in [0.29, 0.717) is 6.07 Å². The van der Waals surface area contributed by atoms with Gasteiger partial charge in [-0.25, -0.2) is 4.79 Å². The second kappa shape index (κ2) is 6.12. The molecule has 3 N–H and O–H groups in total. The number of aliphatic hydroxyl groups excluding tert-OH is 1. The lowest BCUT2D eigenvalue weighted by atomic mass is 10.1. The third-order valence-corrected chi connectivity index (χ3v) is 2.63. The summed E-state index contributed by atoms with van der Waals surface area (Å²) in [4.78, 5) is 10.7. The van der Waals surface area contributed by atoms with E-state index in [-0.39, 0.29) is 18.1 Å². The number of hydrogen-bond acceptors (Lipinski definition) is 3. The summed E-state index contributed by atoms with van der Waals surface area (Å²) in [5.41, 5.74) is -2.01. The molecule has 0 aliphatic heterocycles. The van der Waals surface area contributed by atoms with Crippen LogP contribution in [0.4, 0.5) is 18.9 Å². The molecule has 0 bridgehead atoms. The zero-order valence-electron chi connectivity index (χ0n) is 9.54. The van der Waals surface area contributed by atoms with Gasteiger partial charge in [0.1, 0.15) is 0 Å². The van der Waals surface area contributed by atoms with Crippen molar-refractivity contribution < 1.29 is 28.2 Å². The monoisotopic (exact) mass is 297 g/mol. The van der Waals surface area contributed by atoms with Crippen LogP contribution in [0, 0.1) is 0 Å². The second-order valence-corrected chi connectivity index (χ2v) is 4.06. The maximum atomic E-state index is 12.7.